The van der Waals surface area contributed by atoms with Crippen LogP contribution in [-0.2, 0) is 4.84 Å². The number of hydrogen-bond acceptors (Lipinski definition) is 4. The maximum absolute atomic E-state index is 7.61. The molecule has 0 rings (SSSR count). The first kappa shape index (κ1) is 11.0. The van der Waals surface area contributed by atoms with Gasteiger partial charge in [-0.25, -0.2) is 5.90 Å². The van der Waals surface area contributed by atoms with E-state index in [2.05, 4.69) is 10.7 Å². The van der Waals surface area contributed by atoms with Crippen molar-refractivity contribution in [2.45, 2.75) is 0 Å². The Morgan fingerprint density at radius 3 is 1.89 bits per heavy atom. The first-order valence-electron chi connectivity index (χ1n) is 1.95. The third kappa shape index (κ3) is 40.4. The van der Waals surface area contributed by atoms with Crippen LogP contribution >= 0.6 is 11.6 Å². The number of rotatable bonds is 1. The molecule has 0 aromatic heterocycles. The number of nitriles is 2. The van der Waals surface area contributed by atoms with Gasteiger partial charge in [-0.3, -0.25) is 4.84 Å². The smallest absolute Gasteiger partial charge is 0.154 e. The summed E-state index contributed by atoms with van der Waals surface area (Å²) in [5.74, 6) is 4.51. The highest BCUT2D eigenvalue weighted by molar-refractivity contribution is 6.19. The molecule has 0 radical (unpaired) electrons. The van der Waals surface area contributed by atoms with Gasteiger partial charge in [0.2, 0.25) is 0 Å². The van der Waals surface area contributed by atoms with Crippen LogP contribution in [0.15, 0.2) is 0 Å². The summed E-state index contributed by atoms with van der Waals surface area (Å²) < 4.78 is 0. The van der Waals surface area contributed by atoms with Gasteiger partial charge in [-0.1, -0.05) is 0 Å². The standard InChI is InChI=1S/C2H2ClN.C2H4N2O/c3-1-2-4;3-1-2-5-4/h1H2;2,4H2. The molecule has 0 aromatic carbocycles. The van der Waals surface area contributed by atoms with Gasteiger partial charge in [-0.05, 0) is 0 Å². The number of nitrogens with two attached hydrogens (primary N) is 1. The van der Waals surface area contributed by atoms with Crippen molar-refractivity contribution < 1.29 is 4.84 Å². The first-order valence-corrected chi connectivity index (χ1v) is 2.48. The number of halogens is 1. The zero-order valence-corrected chi connectivity index (χ0v) is 5.43. The fraction of sp³-hybridized carbons (Fsp3) is 0.500. The molecule has 0 aromatic rings. The second-order valence-electron chi connectivity index (χ2n) is 0.761. The average molecular weight is 148 g/mol. The van der Waals surface area contributed by atoms with E-state index in [1.807, 2.05) is 0 Å². The molecule has 0 saturated heterocycles. The van der Waals surface area contributed by atoms with E-state index in [0.29, 0.717) is 0 Å². The summed E-state index contributed by atoms with van der Waals surface area (Å²) in [7, 11) is 0. The summed E-state index contributed by atoms with van der Waals surface area (Å²) in [5, 5.41) is 15.1. The van der Waals surface area contributed by atoms with Crippen LogP contribution in [0.3, 0.4) is 0 Å². The molecular weight excluding hydrogens is 142 g/mol. The van der Waals surface area contributed by atoms with E-state index in [0.717, 1.165) is 0 Å². The molecule has 50 valence electrons. The van der Waals surface area contributed by atoms with E-state index in [4.69, 9.17) is 22.1 Å². The van der Waals surface area contributed by atoms with Crippen LogP contribution < -0.4 is 5.90 Å². The second kappa shape index (κ2) is 15.7. The van der Waals surface area contributed by atoms with Crippen molar-refractivity contribution in [3.63, 3.8) is 0 Å². The highest BCUT2D eigenvalue weighted by Gasteiger charge is 1.63. The van der Waals surface area contributed by atoms with Crippen LogP contribution in [0.5, 0.6) is 0 Å². The molecule has 0 spiro atoms. The van der Waals surface area contributed by atoms with Crippen LogP contribution in [0, 0.1) is 22.7 Å². The molecule has 0 bridgehead atoms. The monoisotopic (exact) mass is 147 g/mol. The predicted molar refractivity (Wildman–Crippen MR) is 32.1 cm³/mol. The van der Waals surface area contributed by atoms with Crippen molar-refractivity contribution in [2.24, 2.45) is 5.90 Å². The van der Waals surface area contributed by atoms with Gasteiger partial charge in [0, 0.05) is 0 Å². The zero-order valence-electron chi connectivity index (χ0n) is 4.67. The Morgan fingerprint density at radius 1 is 1.44 bits per heavy atom. The molecule has 0 aliphatic heterocycles. The highest BCUT2D eigenvalue weighted by atomic mass is 35.5. The first-order chi connectivity index (χ1) is 4.33. The van der Waals surface area contributed by atoms with Gasteiger partial charge < -0.3 is 0 Å². The Hall–Kier alpha value is -0.810. The van der Waals surface area contributed by atoms with Crippen LogP contribution in [-0.4, -0.2) is 12.5 Å². The van der Waals surface area contributed by atoms with E-state index in [9.17, 15) is 0 Å². The van der Waals surface area contributed by atoms with Crippen LogP contribution in [0.25, 0.3) is 0 Å². The lowest BCUT2D eigenvalue weighted by Crippen LogP contribution is -1.96. The second-order valence-corrected chi connectivity index (χ2v) is 1.03. The fourth-order valence-corrected chi connectivity index (χ4v) is 0.0373. The summed E-state index contributed by atoms with van der Waals surface area (Å²) in [6.07, 6.45) is 0. The molecule has 0 heterocycles. The molecule has 0 aliphatic carbocycles. The molecule has 9 heavy (non-hydrogen) atoms. The SMILES string of the molecule is N#CCCl.N#CCON. The minimum Gasteiger partial charge on any atom is -0.289 e. The molecular formula is C4H6ClN3O. The topological polar surface area (TPSA) is 82.8 Å². The largest absolute Gasteiger partial charge is 0.289 e. The maximum Gasteiger partial charge on any atom is 0.154 e. The predicted octanol–water partition coefficient (Wildman–Crippen LogP) is 0.149. The fourth-order valence-electron chi connectivity index (χ4n) is 0.0373. The van der Waals surface area contributed by atoms with Gasteiger partial charge in [0.1, 0.15) is 5.88 Å². The summed E-state index contributed by atoms with van der Waals surface area (Å²) in [4.78, 5) is 3.83. The normalized spacial score (nSPS) is 5.78. The minimum absolute atomic E-state index is 0.0278. The Kier molecular flexibility index (Phi) is 19.3. The van der Waals surface area contributed by atoms with Gasteiger partial charge >= 0.3 is 0 Å². The van der Waals surface area contributed by atoms with Crippen molar-refractivity contribution in [2.75, 3.05) is 12.5 Å². The average Bonchev–Trinajstić information content (AvgIpc) is 1.91. The van der Waals surface area contributed by atoms with Gasteiger partial charge in [0.05, 0.1) is 12.1 Å². The van der Waals surface area contributed by atoms with Crippen molar-refractivity contribution in [1.29, 1.82) is 10.5 Å². The Morgan fingerprint density at radius 2 is 1.89 bits per heavy atom. The molecule has 0 aliphatic rings. The molecule has 5 heteroatoms. The van der Waals surface area contributed by atoms with E-state index in [1.165, 1.54) is 0 Å². The lowest BCUT2D eigenvalue weighted by molar-refractivity contribution is 0.172. The molecule has 4 nitrogen and oxygen atoms in total. The molecule has 0 amide bonds. The number of alkyl halides is 1. The molecule has 0 unspecified atom stereocenters. The van der Waals surface area contributed by atoms with E-state index < -0.39 is 0 Å². The molecule has 0 saturated carbocycles. The molecule has 0 atom stereocenters. The van der Waals surface area contributed by atoms with Crippen molar-refractivity contribution in [3.05, 3.63) is 0 Å². The van der Waals surface area contributed by atoms with E-state index in [-0.39, 0.29) is 12.5 Å². The third-order valence-electron chi connectivity index (χ3n) is 0.208. The molecule has 0 fully saturated rings. The van der Waals surface area contributed by atoms with Gasteiger partial charge in [0.15, 0.2) is 6.61 Å². The Balaban J connectivity index is 0. The van der Waals surface area contributed by atoms with Crippen LogP contribution in [0.1, 0.15) is 0 Å². The maximum atomic E-state index is 7.61. The molecule has 2 N–H and O–H groups in total. The quantitative estimate of drug-likeness (QED) is 0.423. The summed E-state index contributed by atoms with van der Waals surface area (Å²) in [5.41, 5.74) is 0. The summed E-state index contributed by atoms with van der Waals surface area (Å²) in [6, 6.07) is 3.37. The van der Waals surface area contributed by atoms with Crippen molar-refractivity contribution in [3.8, 4) is 12.1 Å². The lowest BCUT2D eigenvalue weighted by atomic mass is 10.9. The summed E-state index contributed by atoms with van der Waals surface area (Å²) >= 11 is 4.82. The van der Waals surface area contributed by atoms with Crippen molar-refractivity contribution in [1.82, 2.24) is 0 Å². The van der Waals surface area contributed by atoms with Gasteiger partial charge in [-0.2, -0.15) is 10.5 Å². The minimum atomic E-state index is -0.0278. The van der Waals surface area contributed by atoms with Gasteiger partial charge in [-0.15, -0.1) is 11.6 Å². The van der Waals surface area contributed by atoms with E-state index in [1.54, 1.807) is 12.1 Å². The lowest BCUT2D eigenvalue weighted by Gasteiger charge is -1.73. The van der Waals surface area contributed by atoms with Crippen LogP contribution in [0.4, 0.5) is 0 Å². The number of nitrogens with zero attached hydrogens (tertiary/aromatic N) is 2. The summed E-state index contributed by atoms with van der Waals surface area (Å²) in [6.45, 7) is -0.0278. The number of hydrogen-bond donors (Lipinski definition) is 1. The third-order valence-corrected chi connectivity index (χ3v) is 0.327. The Labute approximate surface area is 58.3 Å². The Bertz CT molecular complexity index is 114. The van der Waals surface area contributed by atoms with Gasteiger partial charge in [0.25, 0.3) is 0 Å². The van der Waals surface area contributed by atoms with E-state index >= 15 is 0 Å². The van der Waals surface area contributed by atoms with Crippen molar-refractivity contribution >= 4 is 11.6 Å². The highest BCUT2D eigenvalue weighted by Crippen LogP contribution is 1.61. The van der Waals surface area contributed by atoms with Crippen LogP contribution in [0.2, 0.25) is 0 Å². The zero-order chi connectivity index (χ0) is 7.54.